The molecule has 0 rings (SSSR count). The molecule has 12 nitrogen and oxygen atoms in total. The second kappa shape index (κ2) is 53.3. The van der Waals surface area contributed by atoms with Gasteiger partial charge in [0, 0.05) is 0 Å². The van der Waals surface area contributed by atoms with Gasteiger partial charge in [-0.05, 0) is 0 Å². The van der Waals surface area contributed by atoms with Gasteiger partial charge in [-0.1, -0.05) is 0 Å². The summed E-state index contributed by atoms with van der Waals surface area (Å²) in [6.45, 7) is 0. The molecule has 14 heavy (non-hydrogen) atoms. The molecule has 0 atom stereocenters. The Balaban J connectivity index is -0.00000000600. The van der Waals surface area contributed by atoms with Crippen LogP contribution in [0, 0.1) is 15.3 Å². The van der Waals surface area contributed by atoms with Crippen LogP contribution >= 0.6 is 0 Å². The van der Waals surface area contributed by atoms with E-state index in [-0.39, 0.29) is 46.9 Å². The smallest absolute Gasteiger partial charge is 3.00 e. The van der Waals surface area contributed by atoms with Gasteiger partial charge in [-0.2, -0.15) is 0 Å². The van der Waals surface area contributed by atoms with Crippen molar-refractivity contribution in [2.24, 2.45) is 0 Å². The number of hydrogen-bond donors (Lipinski definition) is 4. The zero-order valence-corrected chi connectivity index (χ0v) is 9.72. The van der Waals surface area contributed by atoms with E-state index in [2.05, 4.69) is 0 Å². The molecule has 14 N–H and O–H groups in total. The molecule has 0 aromatic heterocycles. The van der Waals surface area contributed by atoms with Crippen LogP contribution in [0.15, 0.2) is 0 Å². The van der Waals surface area contributed by atoms with Gasteiger partial charge in [0.15, 0.2) is 0 Å². The van der Waals surface area contributed by atoms with Gasteiger partial charge in [-0.15, -0.1) is 0 Å². The van der Waals surface area contributed by atoms with E-state index in [9.17, 15) is 0 Å². The van der Waals surface area contributed by atoms with Gasteiger partial charge in [0.1, 0.15) is 0 Å². The Morgan fingerprint density at radius 3 is 0.929 bits per heavy atom. The van der Waals surface area contributed by atoms with Crippen LogP contribution in [0.5, 0.6) is 0 Å². The summed E-state index contributed by atoms with van der Waals surface area (Å²) >= 11 is -3.79. The molecule has 0 saturated carbocycles. The van der Waals surface area contributed by atoms with Crippen molar-refractivity contribution >= 4 is 14.5 Å². The topological polar surface area (TPSA) is 301 Å². The summed E-state index contributed by atoms with van der Waals surface area (Å²) in [7, 11) is 0. The molecule has 0 aromatic carbocycles. The fourth-order valence-electron chi connectivity index (χ4n) is 0. The molecular weight excluding hydrogens is 320 g/mol. The Kier molecular flexibility index (Phi) is 257. The van der Waals surface area contributed by atoms with Crippen molar-refractivity contribution in [3.8, 4) is 0 Å². The molecule has 0 unspecified atom stereocenters. The summed E-state index contributed by atoms with van der Waals surface area (Å²) in [5.74, 6) is 0. The largest absolute Gasteiger partial charge is 3.00 e. The first-order chi connectivity index (χ1) is 3.46. The van der Waals surface area contributed by atoms with E-state index in [1.807, 2.05) is 0 Å². The van der Waals surface area contributed by atoms with Gasteiger partial charge < -0.3 is 45.4 Å². The fourth-order valence-corrected chi connectivity index (χ4v) is 0. The summed E-state index contributed by atoms with van der Waals surface area (Å²) in [6, 6.07) is 0. The van der Waals surface area contributed by atoms with E-state index in [4.69, 9.17) is 27.5 Å². The minimum atomic E-state index is -3.79. The van der Waals surface area contributed by atoms with Crippen molar-refractivity contribution in [2.75, 3.05) is 0 Å². The molecule has 0 aliphatic rings. The molecule has 0 aromatic rings. The van der Waals surface area contributed by atoms with E-state index >= 15 is 0 Å². The van der Waals surface area contributed by atoms with Gasteiger partial charge >= 0.3 is 43.5 Å². The standard InChI is InChI=1S/Co.NO3.4H3N.H2O3Se.H2O/c;2-1(3)4;;;;;1-4(2)3;/h;;4*1H3;(H2,1,2,3);1H2/q+3;-1;;;;;;/p-2. The number of hydrogen-bond acceptors (Lipinski definition) is 10. The Morgan fingerprint density at radius 1 is 0.929 bits per heavy atom. The molecule has 0 radical (unpaired) electrons. The molecule has 0 saturated heterocycles. The van der Waals surface area contributed by atoms with Crippen molar-refractivity contribution in [1.29, 1.82) is 0 Å². The van der Waals surface area contributed by atoms with Crippen molar-refractivity contribution in [2.45, 2.75) is 0 Å². The third-order valence-corrected chi connectivity index (χ3v) is 0. The molecule has 14 heteroatoms. The molecule has 0 aliphatic carbocycles. The summed E-state index contributed by atoms with van der Waals surface area (Å²) in [5.41, 5.74) is 0. The summed E-state index contributed by atoms with van der Waals surface area (Å²) < 4.78 is 25.6. The zero-order valence-electron chi connectivity index (χ0n) is 6.97. The van der Waals surface area contributed by atoms with Gasteiger partial charge in [0.25, 0.3) is 0 Å². The quantitative estimate of drug-likeness (QED) is 0.194. The third-order valence-electron chi connectivity index (χ3n) is 0. The Hall–Kier alpha value is -0.254. The maximum Gasteiger partial charge on any atom is 3.00 e. The molecule has 0 heterocycles. The van der Waals surface area contributed by atoms with Crippen molar-refractivity contribution in [3.63, 3.8) is 0 Å². The number of nitrogens with zero attached hydrogens (tertiary/aromatic N) is 1. The molecular formula is H14CoN5O7Se. The SMILES string of the molecule is N.N.N.N.O.O=[N+]([O-])[O-].O=[Se]([O-])[O-].[Co+3]. The van der Waals surface area contributed by atoms with Crippen LogP contribution in [-0.2, 0) is 20.6 Å². The average molecular weight is 334 g/mol. The first kappa shape index (κ1) is 67.6. The van der Waals surface area contributed by atoms with Gasteiger partial charge in [-0.3, -0.25) is 0 Å². The second-order valence-electron chi connectivity index (χ2n) is 0.428. The van der Waals surface area contributed by atoms with E-state index in [1.165, 1.54) is 0 Å². The summed E-state index contributed by atoms with van der Waals surface area (Å²) in [4.78, 5) is 8.25. The Morgan fingerprint density at radius 2 is 0.929 bits per heavy atom. The zero-order chi connectivity index (χ0) is 7.15. The van der Waals surface area contributed by atoms with E-state index < -0.39 is 19.6 Å². The van der Waals surface area contributed by atoms with Crippen LogP contribution in [0.25, 0.3) is 0 Å². The normalized spacial score (nSPS) is 4.21. The van der Waals surface area contributed by atoms with Crippen LogP contribution in [-0.4, -0.2) is 25.1 Å². The van der Waals surface area contributed by atoms with Crippen LogP contribution in [0.4, 0.5) is 0 Å². The van der Waals surface area contributed by atoms with E-state index in [1.54, 1.807) is 0 Å². The monoisotopic (exact) mass is 335 g/mol. The van der Waals surface area contributed by atoms with Gasteiger partial charge in [-0.25, -0.2) is 0 Å². The van der Waals surface area contributed by atoms with Crippen LogP contribution in [0.3, 0.4) is 0 Å². The molecule has 0 amide bonds. The number of rotatable bonds is 0. The predicted molar refractivity (Wildman–Crippen MR) is 40.5 cm³/mol. The molecule has 0 spiro atoms. The Labute approximate surface area is 94.4 Å². The minimum Gasteiger partial charge on any atom is 3.00 e. The Bertz CT molecular complexity index is 80.1. The molecule has 0 aliphatic heterocycles. The second-order valence-corrected chi connectivity index (χ2v) is 1.28. The molecule has 0 bridgehead atoms. The third kappa shape index (κ3) is 21000. The van der Waals surface area contributed by atoms with Crippen LogP contribution in [0.2, 0.25) is 0 Å². The van der Waals surface area contributed by atoms with E-state index in [0.717, 1.165) is 0 Å². The predicted octanol–water partition coefficient (Wildman–Crippen LogP) is -3.30. The first-order valence-corrected chi connectivity index (χ1v) is 3.15. The maximum atomic E-state index is 8.54. The summed E-state index contributed by atoms with van der Waals surface area (Å²) in [6.07, 6.45) is 0. The summed E-state index contributed by atoms with van der Waals surface area (Å²) in [5, 5.41) is 14.8. The minimum absolute atomic E-state index is 0. The maximum absolute atomic E-state index is 8.54. The first-order valence-electron chi connectivity index (χ1n) is 1.05. The molecule has 96 valence electrons. The van der Waals surface area contributed by atoms with Crippen LogP contribution < -0.4 is 33.0 Å². The van der Waals surface area contributed by atoms with Crippen molar-refractivity contribution in [1.82, 2.24) is 24.6 Å². The van der Waals surface area contributed by atoms with E-state index in [0.29, 0.717) is 0 Å². The molecule has 0 fully saturated rings. The average Bonchev–Trinajstić information content (AvgIpc) is 1.25. The van der Waals surface area contributed by atoms with Gasteiger partial charge in [0.2, 0.25) is 0 Å². The van der Waals surface area contributed by atoms with Crippen molar-refractivity contribution < 1.29 is 39.6 Å². The van der Waals surface area contributed by atoms with Gasteiger partial charge in [0.05, 0.1) is 5.09 Å². The van der Waals surface area contributed by atoms with Crippen LogP contribution in [0.1, 0.15) is 0 Å². The fraction of sp³-hybridized carbons (Fsp3) is 0. The van der Waals surface area contributed by atoms with Crippen molar-refractivity contribution in [3.05, 3.63) is 15.3 Å².